The number of methoxy groups -OCH3 is 1. The van der Waals surface area contributed by atoms with Crippen LogP contribution in [0.5, 0.6) is 17.2 Å². The Hall–Kier alpha value is -9.21. The first-order valence-electron chi connectivity index (χ1n) is 28.4. The van der Waals surface area contributed by atoms with Crippen LogP contribution in [0.25, 0.3) is 0 Å². The average Bonchev–Trinajstić information content (AvgIpc) is 0.973. The van der Waals surface area contributed by atoms with Crippen LogP contribution in [0.1, 0.15) is 106 Å². The third-order valence-electron chi connectivity index (χ3n) is 15.5. The molecule has 8 rings (SSSR count). The van der Waals surface area contributed by atoms with E-state index in [-0.39, 0.29) is 80.4 Å². The molecule has 0 spiro atoms. The molecule has 0 bridgehead atoms. The van der Waals surface area contributed by atoms with Gasteiger partial charge in [-0.2, -0.15) is 0 Å². The molecule has 88 heavy (non-hydrogen) atoms. The first-order valence-corrected chi connectivity index (χ1v) is 28.4. The second kappa shape index (κ2) is 29.0. The van der Waals surface area contributed by atoms with E-state index < -0.39 is 150 Å². The summed E-state index contributed by atoms with van der Waals surface area (Å²) in [5, 5.41) is 58.8. The number of ether oxygens (including phenoxy) is 7. The number of nitrogens with one attached hydrogen (secondary N) is 5. The van der Waals surface area contributed by atoms with Crippen LogP contribution >= 0.6 is 0 Å². The molecular formula is C62H70N6O20. The maximum atomic E-state index is 14.2. The lowest BCUT2D eigenvalue weighted by Gasteiger charge is -2.42. The first kappa shape index (κ1) is 64.8. The molecule has 9 atom stereocenters. The minimum atomic E-state index is -2.39. The highest BCUT2D eigenvalue weighted by Crippen LogP contribution is 2.53. The molecule has 0 unspecified atom stereocenters. The molecule has 2 aliphatic heterocycles. The van der Waals surface area contributed by atoms with Crippen LogP contribution in [0.3, 0.4) is 0 Å². The van der Waals surface area contributed by atoms with Crippen molar-refractivity contribution in [1.29, 1.82) is 0 Å². The van der Waals surface area contributed by atoms with Crippen molar-refractivity contribution in [3.63, 3.8) is 0 Å². The normalized spacial score (nSPS) is 20.8. The van der Waals surface area contributed by atoms with Crippen LogP contribution in [0.15, 0.2) is 98.1 Å². The van der Waals surface area contributed by atoms with E-state index in [2.05, 4.69) is 39.7 Å². The number of benzene rings is 4. The number of hydrogen-bond donors (Lipinski definition) is 9. The van der Waals surface area contributed by atoms with Gasteiger partial charge in [0.15, 0.2) is 17.9 Å². The molecule has 6 amide bonds. The monoisotopic (exact) mass is 1220 g/mol. The molecular weight excluding hydrogens is 1150 g/mol. The number of hydrogen-bond acceptors (Lipinski definition) is 20. The van der Waals surface area contributed by atoms with Crippen molar-refractivity contribution in [2.45, 2.75) is 120 Å². The van der Waals surface area contributed by atoms with E-state index in [1.165, 1.54) is 49.3 Å². The Kier molecular flexibility index (Phi) is 21.3. The minimum Gasteiger partial charge on any atom is -0.507 e. The molecule has 0 saturated carbocycles. The third-order valence-corrected chi connectivity index (χ3v) is 15.5. The van der Waals surface area contributed by atoms with Crippen LogP contribution < -0.4 is 31.3 Å². The summed E-state index contributed by atoms with van der Waals surface area (Å²) in [4.78, 5) is 122. The number of anilines is 1. The van der Waals surface area contributed by atoms with Gasteiger partial charge < -0.3 is 80.2 Å². The quantitative estimate of drug-likeness (QED) is 0.0171. The molecule has 9 N–H and O–H groups in total. The summed E-state index contributed by atoms with van der Waals surface area (Å²) in [5.74, 6) is -6.26. The smallest absolute Gasteiger partial charge is 0.412 e. The molecule has 26 nitrogen and oxygen atoms in total. The first-order chi connectivity index (χ1) is 42.2. The number of Topliss-reactive ketones (excluding diaryl/α,β-unsaturated/α-hetero) is 1. The Morgan fingerprint density at radius 1 is 0.795 bits per heavy atom. The molecule has 4 aliphatic rings. The van der Waals surface area contributed by atoms with Gasteiger partial charge in [-0.15, -0.1) is 0 Å². The minimum absolute atomic E-state index is 0.00847. The van der Waals surface area contributed by atoms with Gasteiger partial charge in [-0.1, -0.05) is 79.9 Å². The maximum absolute atomic E-state index is 14.2. The molecule has 2 fully saturated rings. The van der Waals surface area contributed by atoms with E-state index >= 15 is 0 Å². The second-order valence-electron chi connectivity index (χ2n) is 21.4. The van der Waals surface area contributed by atoms with Crippen LogP contribution in [0.2, 0.25) is 0 Å². The average molecular weight is 1220 g/mol. The van der Waals surface area contributed by atoms with E-state index in [0.29, 0.717) is 29.7 Å². The zero-order valence-corrected chi connectivity index (χ0v) is 48.6. The number of nitrogens with zero attached hydrogens (tertiary/aromatic N) is 1. The Bertz CT molecular complexity index is 3320. The lowest BCUT2D eigenvalue weighted by atomic mass is 9.72. The van der Waals surface area contributed by atoms with Crippen molar-refractivity contribution < 1.29 is 96.7 Å². The van der Waals surface area contributed by atoms with E-state index in [4.69, 9.17) is 33.2 Å². The Balaban J connectivity index is 0.930. The molecule has 4 aromatic carbocycles. The largest absolute Gasteiger partial charge is 0.507 e. The van der Waals surface area contributed by atoms with Gasteiger partial charge in [-0.05, 0) is 62.4 Å². The van der Waals surface area contributed by atoms with Crippen LogP contribution in [-0.4, -0.2) is 167 Å². The van der Waals surface area contributed by atoms with Gasteiger partial charge in [0.1, 0.15) is 80.2 Å². The Morgan fingerprint density at radius 2 is 1.49 bits per heavy atom. The van der Waals surface area contributed by atoms with Gasteiger partial charge in [-0.25, -0.2) is 14.4 Å². The van der Waals surface area contributed by atoms with Crippen molar-refractivity contribution in [2.24, 2.45) is 0 Å². The maximum Gasteiger partial charge on any atom is 0.412 e. The SMILES string of the molecule is C=CCOC(=O)NCCCC[C@H](NC(=O)[C@H](Cc1ccccc1)NC(=O)[C@@H](C)NC(=O)OCC=C)C(=O)Nc1ccc(COC(=O)N2CO[C@@H]3[C@H](C)O[C@@H](O[C@H]4C[C@](O)(C(=O)CO)Cc5c(O)c6c(c(O)c54)C(=O)c4c(OC)cccc4C6=O)C[C@@H]32)cc1. The second-order valence-corrected chi connectivity index (χ2v) is 21.4. The fourth-order valence-electron chi connectivity index (χ4n) is 11.0. The predicted octanol–water partition coefficient (Wildman–Crippen LogP) is 4.21. The number of unbranched alkanes of at least 4 members (excludes halogenated alkanes) is 1. The predicted molar refractivity (Wildman–Crippen MR) is 310 cm³/mol. The number of carbonyl (C=O) groups excluding carboxylic acids is 9. The van der Waals surface area contributed by atoms with E-state index in [0.717, 1.165) is 0 Å². The van der Waals surface area contributed by atoms with Crippen molar-refractivity contribution in [3.05, 3.63) is 143 Å². The number of rotatable bonds is 25. The van der Waals surface area contributed by atoms with Gasteiger partial charge in [0, 0.05) is 54.6 Å². The van der Waals surface area contributed by atoms with E-state index in [9.17, 15) is 63.6 Å². The summed E-state index contributed by atoms with van der Waals surface area (Å²) < 4.78 is 39.6. The molecule has 0 aromatic heterocycles. The van der Waals surface area contributed by atoms with Gasteiger partial charge in [0.25, 0.3) is 0 Å². The van der Waals surface area contributed by atoms with Gasteiger partial charge in [-0.3, -0.25) is 33.7 Å². The van der Waals surface area contributed by atoms with Gasteiger partial charge in [0.2, 0.25) is 23.5 Å². The van der Waals surface area contributed by atoms with Gasteiger partial charge >= 0.3 is 18.3 Å². The lowest BCUT2D eigenvalue weighted by molar-refractivity contribution is -0.246. The highest BCUT2D eigenvalue weighted by Gasteiger charge is 2.52. The molecule has 2 saturated heterocycles. The number of alkyl carbamates (subject to hydrolysis) is 2. The number of phenols is 2. The Morgan fingerprint density at radius 3 is 2.18 bits per heavy atom. The summed E-state index contributed by atoms with van der Waals surface area (Å²) in [5.41, 5.74) is -2.76. The number of aliphatic hydroxyl groups excluding tert-OH is 1. The number of carbonyl (C=O) groups is 9. The van der Waals surface area contributed by atoms with E-state index in [1.54, 1.807) is 61.5 Å². The molecule has 4 aromatic rings. The summed E-state index contributed by atoms with van der Waals surface area (Å²) in [6.07, 6.45) is -4.31. The number of amides is 6. The van der Waals surface area contributed by atoms with Crippen molar-refractivity contribution >= 4 is 59.0 Å². The highest BCUT2D eigenvalue weighted by molar-refractivity contribution is 6.31. The molecule has 468 valence electrons. The highest BCUT2D eigenvalue weighted by atomic mass is 16.7. The number of aliphatic hydroxyl groups is 2. The van der Waals surface area contributed by atoms with Crippen LogP contribution in [-0.2, 0) is 67.0 Å². The van der Waals surface area contributed by atoms with Gasteiger partial charge in [0.05, 0.1) is 42.0 Å². The summed E-state index contributed by atoms with van der Waals surface area (Å²) in [6, 6.07) is 15.1. The Labute approximate surface area is 505 Å². The molecule has 2 aliphatic carbocycles. The molecule has 26 heteroatoms. The standard InChI is InChI=1S/C62H70N6O20/c1-6-24-83-59(78)63-23-12-11-17-40(66-58(77)41(26-35-14-9-8-10-15-35)67-56(75)33(3)64-60(79)84-25-7-2)57(76)65-37-21-19-36(20-22-37)31-85-61(80)68-32-86-55-34(4)87-46(27-42(55)68)88-44-29-62(81,45(70)30-69)28-39-48(44)54(74)50-49(52(39)72)51(71)38-16-13-18-43(82-5)47(38)53(50)73/h6-10,13-16,18-22,33-34,40-42,44,46,55,69,72,74,81H,1-2,11-12,17,23-32H2,3-5H3,(H,63,78)(H,64,79)(H,65,76)(H,66,77)(H,67,75)/t33-,34+,40+,41+,42+,44+,46+,55-,62+/m1/s1. The number of ketones is 3. The summed E-state index contributed by atoms with van der Waals surface area (Å²) in [7, 11) is 1.30. The molecule has 2 heterocycles. The van der Waals surface area contributed by atoms with Crippen LogP contribution in [0, 0.1) is 0 Å². The lowest BCUT2D eigenvalue weighted by Crippen LogP contribution is -2.56. The number of aromatic hydroxyl groups is 2. The van der Waals surface area contributed by atoms with Crippen molar-refractivity contribution in [1.82, 2.24) is 26.2 Å². The molecule has 0 radical (unpaired) electrons. The van der Waals surface area contributed by atoms with Crippen molar-refractivity contribution in [3.8, 4) is 17.2 Å². The van der Waals surface area contributed by atoms with E-state index in [1.807, 2.05) is 0 Å². The zero-order chi connectivity index (χ0) is 63.4. The third kappa shape index (κ3) is 14.8. The topological polar surface area (TPSA) is 363 Å². The summed E-state index contributed by atoms with van der Waals surface area (Å²) >= 11 is 0. The fraction of sp³-hybridized carbons (Fsp3) is 0.403. The number of fused-ring (bicyclic) bond motifs is 4. The van der Waals surface area contributed by atoms with Crippen molar-refractivity contribution in [2.75, 3.05) is 45.5 Å². The number of phenolic OH excluding ortho intramolecular Hbond substituents is 2. The summed E-state index contributed by atoms with van der Waals surface area (Å²) in [6.45, 7) is 8.58. The fourth-order valence-corrected chi connectivity index (χ4v) is 11.0. The zero-order valence-electron chi connectivity index (χ0n) is 48.6. The van der Waals surface area contributed by atoms with Crippen LogP contribution in [0.4, 0.5) is 20.1 Å².